The summed E-state index contributed by atoms with van der Waals surface area (Å²) in [6, 6.07) is 13.4. The average Bonchev–Trinajstić information content (AvgIpc) is 3.21. The van der Waals surface area contributed by atoms with Gasteiger partial charge in [0.25, 0.3) is 0 Å². The van der Waals surface area contributed by atoms with Gasteiger partial charge < -0.3 is 24.3 Å². The van der Waals surface area contributed by atoms with Crippen molar-refractivity contribution in [3.05, 3.63) is 71.4 Å². The number of phenolic OH excluding ortho intramolecular Hbond substituents is 1. The summed E-state index contributed by atoms with van der Waals surface area (Å²) in [6.07, 6.45) is 2.34. The number of hydrogen-bond donors (Lipinski definition) is 2. The summed E-state index contributed by atoms with van der Waals surface area (Å²) in [5, 5.41) is 30.8. The highest BCUT2D eigenvalue weighted by atomic mass is 19.1. The summed E-state index contributed by atoms with van der Waals surface area (Å²) in [5.41, 5.74) is 1.75. The molecule has 0 radical (unpaired) electrons. The predicted molar refractivity (Wildman–Crippen MR) is 136 cm³/mol. The van der Waals surface area contributed by atoms with Crippen LogP contribution in [0.4, 0.5) is 8.78 Å². The van der Waals surface area contributed by atoms with Gasteiger partial charge in [-0.1, -0.05) is 12.5 Å². The Morgan fingerprint density at radius 2 is 1.82 bits per heavy atom. The monoisotopic (exact) mass is 518 g/mol. The van der Waals surface area contributed by atoms with Crippen molar-refractivity contribution in [2.75, 3.05) is 14.2 Å². The zero-order valence-corrected chi connectivity index (χ0v) is 20.7. The molecule has 38 heavy (non-hydrogen) atoms. The highest BCUT2D eigenvalue weighted by Crippen LogP contribution is 2.54. The Morgan fingerprint density at radius 1 is 1.08 bits per heavy atom. The minimum atomic E-state index is -1.17. The number of carboxylic acid groups (broad SMARTS) is 1. The minimum absolute atomic E-state index is 0.0205. The van der Waals surface area contributed by atoms with Gasteiger partial charge in [0, 0.05) is 40.9 Å². The normalized spacial score (nSPS) is 14.1. The maximum absolute atomic E-state index is 14.8. The van der Waals surface area contributed by atoms with Crippen LogP contribution in [-0.4, -0.2) is 35.0 Å². The summed E-state index contributed by atoms with van der Waals surface area (Å²) in [7, 11) is 2.70. The lowest BCUT2D eigenvalue weighted by Crippen LogP contribution is -2.36. The molecule has 1 heterocycles. The first kappa shape index (κ1) is 25.1. The molecular weight excluding hydrogens is 494 g/mol. The maximum atomic E-state index is 14.8. The number of hydrogen-bond acceptors (Lipinski definition) is 5. The van der Waals surface area contributed by atoms with E-state index >= 15 is 0 Å². The number of phenols is 1. The van der Waals surface area contributed by atoms with Crippen LogP contribution in [0.5, 0.6) is 17.2 Å². The first-order chi connectivity index (χ1) is 18.2. The number of benzene rings is 3. The van der Waals surface area contributed by atoms with Crippen LogP contribution in [0, 0.1) is 23.0 Å². The molecule has 0 saturated heterocycles. The Morgan fingerprint density at radius 3 is 2.42 bits per heavy atom. The van der Waals surface area contributed by atoms with E-state index in [4.69, 9.17) is 9.47 Å². The molecule has 0 atom stereocenters. The van der Waals surface area contributed by atoms with Gasteiger partial charge in [-0.2, -0.15) is 5.26 Å². The lowest BCUT2D eigenvalue weighted by molar-refractivity contribution is 0.0693. The highest BCUT2D eigenvalue weighted by molar-refractivity contribution is 6.04. The molecular formula is C29H24F2N2O5. The van der Waals surface area contributed by atoms with Gasteiger partial charge in [0.05, 0.1) is 31.2 Å². The van der Waals surface area contributed by atoms with E-state index in [9.17, 15) is 29.1 Å². The molecule has 5 rings (SSSR count). The molecule has 0 bridgehead atoms. The standard InChI is InChI=1S/C29H24F2N2O5/c1-37-23-12-16(4-6-19(23)28(35)36)25-26-21(13-17(30)14-22(26)34)33(18-5-7-20(31)24(15-18)38-2)27(25)29(10-11-32)8-3-9-29/h4-7,12-15,34H,3,8-10H2,1-2H3,(H,35,36). The van der Waals surface area contributed by atoms with Crippen LogP contribution in [0.15, 0.2) is 48.5 Å². The van der Waals surface area contributed by atoms with Crippen molar-refractivity contribution in [3.63, 3.8) is 0 Å². The second-order valence-electron chi connectivity index (χ2n) is 9.39. The molecule has 3 aromatic carbocycles. The van der Waals surface area contributed by atoms with Gasteiger partial charge in [-0.05, 0) is 48.7 Å². The van der Waals surface area contributed by atoms with Crippen LogP contribution in [0.2, 0.25) is 0 Å². The van der Waals surface area contributed by atoms with E-state index in [1.165, 1.54) is 44.6 Å². The fraction of sp³-hybridized carbons (Fsp3) is 0.241. The van der Waals surface area contributed by atoms with E-state index in [1.807, 2.05) is 0 Å². The van der Waals surface area contributed by atoms with Crippen LogP contribution in [0.3, 0.4) is 0 Å². The van der Waals surface area contributed by atoms with Gasteiger partial charge in [0.2, 0.25) is 0 Å². The Kier molecular flexibility index (Phi) is 6.19. The number of nitriles is 1. The first-order valence-corrected chi connectivity index (χ1v) is 11.9. The highest BCUT2D eigenvalue weighted by Gasteiger charge is 2.44. The number of fused-ring (bicyclic) bond motifs is 1. The zero-order valence-electron chi connectivity index (χ0n) is 20.7. The Hall–Kier alpha value is -4.58. The molecule has 194 valence electrons. The van der Waals surface area contributed by atoms with Crippen LogP contribution in [-0.2, 0) is 5.41 Å². The number of carboxylic acids is 1. The topological polar surface area (TPSA) is 105 Å². The minimum Gasteiger partial charge on any atom is -0.507 e. The molecule has 1 aliphatic rings. The Bertz CT molecular complexity index is 1630. The van der Waals surface area contributed by atoms with E-state index in [0.29, 0.717) is 46.3 Å². The van der Waals surface area contributed by atoms with Crippen molar-refractivity contribution < 1.29 is 33.3 Å². The fourth-order valence-electron chi connectivity index (χ4n) is 5.48. The molecule has 0 amide bonds. The molecule has 0 aliphatic heterocycles. The first-order valence-electron chi connectivity index (χ1n) is 11.9. The van der Waals surface area contributed by atoms with Crippen molar-refractivity contribution in [2.45, 2.75) is 31.1 Å². The number of methoxy groups -OCH3 is 2. The van der Waals surface area contributed by atoms with Crippen molar-refractivity contribution in [3.8, 4) is 40.1 Å². The number of nitrogens with zero attached hydrogens (tertiary/aromatic N) is 2. The molecule has 0 unspecified atom stereocenters. The number of rotatable bonds is 7. The smallest absolute Gasteiger partial charge is 0.339 e. The molecule has 7 nitrogen and oxygen atoms in total. The molecule has 2 N–H and O–H groups in total. The van der Waals surface area contributed by atoms with Crippen LogP contribution in [0.25, 0.3) is 27.7 Å². The van der Waals surface area contributed by atoms with Crippen molar-refractivity contribution in [1.29, 1.82) is 5.26 Å². The van der Waals surface area contributed by atoms with Crippen molar-refractivity contribution in [1.82, 2.24) is 4.57 Å². The molecule has 1 saturated carbocycles. The fourth-order valence-corrected chi connectivity index (χ4v) is 5.48. The average molecular weight is 519 g/mol. The zero-order chi connectivity index (χ0) is 27.2. The van der Waals surface area contributed by atoms with Gasteiger partial charge >= 0.3 is 5.97 Å². The van der Waals surface area contributed by atoms with Gasteiger partial charge in [0.15, 0.2) is 11.6 Å². The van der Waals surface area contributed by atoms with E-state index in [2.05, 4.69) is 6.07 Å². The molecule has 1 aromatic heterocycles. The SMILES string of the molecule is COc1cc(-n2c(C3(CC#N)CCC3)c(-c3ccc(C(=O)O)c(OC)c3)c3c(O)cc(F)cc32)ccc1F. The molecule has 4 aromatic rings. The number of aromatic nitrogens is 1. The van der Waals surface area contributed by atoms with E-state index in [-0.39, 0.29) is 29.2 Å². The second-order valence-corrected chi connectivity index (χ2v) is 9.39. The summed E-state index contributed by atoms with van der Waals surface area (Å²) in [5.74, 6) is -2.66. The van der Waals surface area contributed by atoms with Gasteiger partial charge in [-0.15, -0.1) is 0 Å². The third-order valence-electron chi connectivity index (χ3n) is 7.36. The second kappa shape index (κ2) is 9.38. The largest absolute Gasteiger partial charge is 0.507 e. The molecule has 9 heteroatoms. The van der Waals surface area contributed by atoms with Crippen LogP contribution < -0.4 is 9.47 Å². The Labute approximate surface area is 217 Å². The van der Waals surface area contributed by atoms with Gasteiger partial charge in [0.1, 0.15) is 22.9 Å². The number of halogens is 2. The number of aromatic carboxylic acids is 1. The number of ether oxygens (including phenoxy) is 2. The number of aromatic hydroxyl groups is 1. The van der Waals surface area contributed by atoms with Gasteiger partial charge in [-0.3, -0.25) is 0 Å². The Balaban J connectivity index is 1.97. The van der Waals surface area contributed by atoms with Crippen molar-refractivity contribution in [2.24, 2.45) is 0 Å². The summed E-state index contributed by atoms with van der Waals surface area (Å²) >= 11 is 0. The van der Waals surface area contributed by atoms with E-state index < -0.39 is 23.0 Å². The molecule has 0 spiro atoms. The number of carbonyl (C=O) groups is 1. The van der Waals surface area contributed by atoms with Crippen LogP contribution in [0.1, 0.15) is 41.7 Å². The quantitative estimate of drug-likeness (QED) is 0.296. The lowest BCUT2D eigenvalue weighted by Gasteiger charge is -2.42. The third kappa shape index (κ3) is 3.80. The van der Waals surface area contributed by atoms with E-state index in [1.54, 1.807) is 16.7 Å². The third-order valence-corrected chi connectivity index (χ3v) is 7.36. The lowest BCUT2D eigenvalue weighted by atomic mass is 9.63. The van der Waals surface area contributed by atoms with Gasteiger partial charge in [-0.25, -0.2) is 13.6 Å². The summed E-state index contributed by atoms with van der Waals surface area (Å²) in [4.78, 5) is 11.7. The van der Waals surface area contributed by atoms with Crippen molar-refractivity contribution >= 4 is 16.9 Å². The summed E-state index contributed by atoms with van der Waals surface area (Å²) < 4.78 is 41.4. The van der Waals surface area contributed by atoms with E-state index in [0.717, 1.165) is 12.5 Å². The molecule has 1 fully saturated rings. The molecule has 1 aliphatic carbocycles. The van der Waals surface area contributed by atoms with Crippen LogP contribution >= 0.6 is 0 Å². The predicted octanol–water partition coefficient (Wildman–Crippen LogP) is 6.33. The maximum Gasteiger partial charge on any atom is 0.339 e. The summed E-state index contributed by atoms with van der Waals surface area (Å²) in [6.45, 7) is 0.